The number of furan rings is 1. The van der Waals surface area contributed by atoms with Gasteiger partial charge in [0.2, 0.25) is 0 Å². The highest BCUT2D eigenvalue weighted by Crippen LogP contribution is 2.20. The van der Waals surface area contributed by atoms with Crippen LogP contribution in [0.4, 0.5) is 0 Å². The van der Waals surface area contributed by atoms with E-state index in [1.165, 1.54) is 17.6 Å². The Morgan fingerprint density at radius 1 is 1.65 bits per heavy atom. The van der Waals surface area contributed by atoms with Gasteiger partial charge in [-0.1, -0.05) is 0 Å². The number of nitrogens with one attached hydrogen (secondary N) is 1. The Morgan fingerprint density at radius 2 is 2.47 bits per heavy atom. The van der Waals surface area contributed by atoms with Crippen LogP contribution in [0.2, 0.25) is 0 Å². The molecule has 4 nitrogen and oxygen atoms in total. The first-order chi connectivity index (χ1) is 8.16. The summed E-state index contributed by atoms with van der Waals surface area (Å²) >= 11 is 4.73. The number of aliphatic hydroxyl groups excluding tert-OH is 1. The molecule has 2 heterocycles. The molecule has 0 aliphatic rings. The van der Waals surface area contributed by atoms with Crippen molar-refractivity contribution in [2.24, 2.45) is 0 Å². The molecule has 0 fully saturated rings. The van der Waals surface area contributed by atoms with Crippen molar-refractivity contribution in [3.63, 3.8) is 0 Å². The quantitative estimate of drug-likeness (QED) is 0.911. The highest BCUT2D eigenvalue weighted by atomic mass is 79.9. The van der Waals surface area contributed by atoms with Crippen molar-refractivity contribution in [1.29, 1.82) is 0 Å². The summed E-state index contributed by atoms with van der Waals surface area (Å²) in [7, 11) is 0. The molecule has 2 N–H and O–H groups in total. The van der Waals surface area contributed by atoms with Gasteiger partial charge in [-0.3, -0.25) is 4.79 Å². The van der Waals surface area contributed by atoms with Gasteiger partial charge in [0, 0.05) is 5.38 Å². The van der Waals surface area contributed by atoms with Gasteiger partial charge in [0.05, 0.1) is 22.2 Å². The Kier molecular flexibility index (Phi) is 3.98. The molecule has 0 radical (unpaired) electrons. The first-order valence-corrected chi connectivity index (χ1v) is 6.58. The second-order valence-electron chi connectivity index (χ2n) is 3.38. The van der Waals surface area contributed by atoms with Gasteiger partial charge in [-0.2, -0.15) is 0 Å². The van der Waals surface area contributed by atoms with Crippen molar-refractivity contribution in [3.8, 4) is 0 Å². The zero-order valence-electron chi connectivity index (χ0n) is 8.72. The summed E-state index contributed by atoms with van der Waals surface area (Å²) < 4.78 is 5.93. The molecule has 0 aliphatic heterocycles. The smallest absolute Gasteiger partial charge is 0.252 e. The average Bonchev–Trinajstić information content (AvgIpc) is 2.95. The third-order valence-electron chi connectivity index (χ3n) is 2.16. The largest absolute Gasteiger partial charge is 0.467 e. The van der Waals surface area contributed by atoms with E-state index in [4.69, 9.17) is 4.42 Å². The van der Waals surface area contributed by atoms with E-state index in [9.17, 15) is 9.90 Å². The van der Waals surface area contributed by atoms with E-state index >= 15 is 0 Å². The maximum absolute atomic E-state index is 11.7. The number of thiophene rings is 1. The first-order valence-electron chi connectivity index (χ1n) is 4.90. The minimum atomic E-state index is -0.823. The molecule has 2 aromatic heterocycles. The van der Waals surface area contributed by atoms with Crippen molar-refractivity contribution in [2.45, 2.75) is 6.10 Å². The Labute approximate surface area is 110 Å². The summed E-state index contributed by atoms with van der Waals surface area (Å²) in [6, 6.07) is 5.09. The van der Waals surface area contributed by atoms with Crippen molar-refractivity contribution in [3.05, 3.63) is 45.0 Å². The molecule has 1 unspecified atom stereocenters. The molecule has 1 atom stereocenters. The monoisotopic (exact) mass is 315 g/mol. The van der Waals surface area contributed by atoms with Crippen molar-refractivity contribution in [2.75, 3.05) is 6.54 Å². The summed E-state index contributed by atoms with van der Waals surface area (Å²) in [4.78, 5) is 11.7. The van der Waals surface area contributed by atoms with E-state index in [1.807, 2.05) is 0 Å². The summed E-state index contributed by atoms with van der Waals surface area (Å²) in [5.74, 6) is 0.231. The molecule has 0 bridgehead atoms. The zero-order valence-corrected chi connectivity index (χ0v) is 11.1. The van der Waals surface area contributed by atoms with Gasteiger partial charge in [-0.05, 0) is 34.1 Å². The molecule has 0 spiro atoms. The fourth-order valence-electron chi connectivity index (χ4n) is 1.30. The predicted octanol–water partition coefficient (Wildman–Crippen LogP) is 2.57. The molecular weight excluding hydrogens is 306 g/mol. The number of rotatable bonds is 4. The van der Waals surface area contributed by atoms with E-state index in [1.54, 1.807) is 23.6 Å². The number of halogens is 1. The van der Waals surface area contributed by atoms with Crippen molar-refractivity contribution in [1.82, 2.24) is 5.32 Å². The standard InChI is InChI=1S/C11H10BrNO3S/c12-10-4-7(6-17-10)11(15)13-5-8(14)9-2-1-3-16-9/h1-4,6,8,14H,5H2,(H,13,15). The SMILES string of the molecule is O=C(NCC(O)c1ccco1)c1csc(Br)c1. The van der Waals surface area contributed by atoms with E-state index in [-0.39, 0.29) is 12.5 Å². The van der Waals surface area contributed by atoms with Crippen LogP contribution in [0.3, 0.4) is 0 Å². The van der Waals surface area contributed by atoms with Gasteiger partial charge in [0.25, 0.3) is 5.91 Å². The molecule has 0 aromatic carbocycles. The second kappa shape index (κ2) is 5.48. The van der Waals surface area contributed by atoms with Crippen LogP contribution < -0.4 is 5.32 Å². The molecule has 0 aliphatic carbocycles. The molecular formula is C11H10BrNO3S. The summed E-state index contributed by atoms with van der Waals surface area (Å²) in [6.45, 7) is 0.125. The van der Waals surface area contributed by atoms with Crippen molar-refractivity contribution >= 4 is 33.2 Å². The Balaban J connectivity index is 1.88. The van der Waals surface area contributed by atoms with Crippen LogP contribution in [-0.2, 0) is 0 Å². The first kappa shape index (κ1) is 12.3. The van der Waals surface area contributed by atoms with E-state index in [2.05, 4.69) is 21.2 Å². The lowest BCUT2D eigenvalue weighted by atomic mass is 10.2. The van der Waals surface area contributed by atoms with Gasteiger partial charge >= 0.3 is 0 Å². The van der Waals surface area contributed by atoms with Crippen LogP contribution >= 0.6 is 27.3 Å². The third-order valence-corrected chi connectivity index (χ3v) is 3.66. The van der Waals surface area contributed by atoms with Crippen LogP contribution in [0.5, 0.6) is 0 Å². The highest BCUT2D eigenvalue weighted by molar-refractivity contribution is 9.11. The van der Waals surface area contributed by atoms with E-state index in [0.717, 1.165) is 3.79 Å². The van der Waals surface area contributed by atoms with Crippen LogP contribution in [0, 0.1) is 0 Å². The number of amides is 1. The predicted molar refractivity (Wildman–Crippen MR) is 68.0 cm³/mol. The lowest BCUT2D eigenvalue weighted by molar-refractivity contribution is 0.0901. The van der Waals surface area contributed by atoms with Gasteiger partial charge in [-0.15, -0.1) is 11.3 Å². The molecule has 2 aromatic rings. The molecule has 90 valence electrons. The zero-order chi connectivity index (χ0) is 12.3. The minimum Gasteiger partial charge on any atom is -0.467 e. The van der Waals surface area contributed by atoms with E-state index in [0.29, 0.717) is 11.3 Å². The summed E-state index contributed by atoms with van der Waals surface area (Å²) in [5.41, 5.74) is 0.577. The fraction of sp³-hybridized carbons (Fsp3) is 0.182. The maximum atomic E-state index is 11.7. The second-order valence-corrected chi connectivity index (χ2v) is 5.67. The molecule has 6 heteroatoms. The lowest BCUT2D eigenvalue weighted by Gasteiger charge is -2.08. The Bertz CT molecular complexity index is 495. The van der Waals surface area contributed by atoms with Crippen LogP contribution in [0.25, 0.3) is 0 Å². The Morgan fingerprint density at radius 3 is 3.06 bits per heavy atom. The number of carbonyl (C=O) groups is 1. The highest BCUT2D eigenvalue weighted by Gasteiger charge is 2.13. The number of hydrogen-bond acceptors (Lipinski definition) is 4. The van der Waals surface area contributed by atoms with E-state index < -0.39 is 6.10 Å². The number of aliphatic hydroxyl groups is 1. The molecule has 1 amide bonds. The molecule has 2 rings (SSSR count). The fourth-order valence-corrected chi connectivity index (χ4v) is 2.44. The minimum absolute atomic E-state index is 0.125. The maximum Gasteiger partial charge on any atom is 0.252 e. The van der Waals surface area contributed by atoms with Crippen molar-refractivity contribution < 1.29 is 14.3 Å². The van der Waals surface area contributed by atoms with Gasteiger partial charge < -0.3 is 14.8 Å². The summed E-state index contributed by atoms with van der Waals surface area (Å²) in [6.07, 6.45) is 0.659. The van der Waals surface area contributed by atoms with Crippen LogP contribution in [0.15, 0.2) is 38.0 Å². The normalized spacial score (nSPS) is 12.4. The third kappa shape index (κ3) is 3.18. The average molecular weight is 316 g/mol. The molecule has 0 saturated heterocycles. The lowest BCUT2D eigenvalue weighted by Crippen LogP contribution is -2.27. The van der Waals surface area contributed by atoms with Crippen LogP contribution in [-0.4, -0.2) is 17.6 Å². The van der Waals surface area contributed by atoms with Gasteiger partial charge in [-0.25, -0.2) is 0 Å². The molecule has 0 saturated carbocycles. The number of hydrogen-bond donors (Lipinski definition) is 2. The Hall–Kier alpha value is -1.11. The van der Waals surface area contributed by atoms with Crippen LogP contribution in [0.1, 0.15) is 22.2 Å². The topological polar surface area (TPSA) is 62.5 Å². The number of carbonyl (C=O) groups excluding carboxylic acids is 1. The molecule has 17 heavy (non-hydrogen) atoms. The van der Waals surface area contributed by atoms with Gasteiger partial charge in [0.15, 0.2) is 0 Å². The van der Waals surface area contributed by atoms with Gasteiger partial charge in [0.1, 0.15) is 11.9 Å². The summed E-state index contributed by atoms with van der Waals surface area (Å²) in [5, 5.41) is 14.1.